The van der Waals surface area contributed by atoms with Crippen molar-refractivity contribution in [1.29, 1.82) is 0 Å². The Bertz CT molecular complexity index is 861. The van der Waals surface area contributed by atoms with E-state index in [2.05, 4.69) is 5.32 Å². The molecule has 2 aromatic carbocycles. The molecule has 4 nitrogen and oxygen atoms in total. The molecule has 3 aromatic rings. The van der Waals surface area contributed by atoms with E-state index in [9.17, 15) is 9.18 Å². The van der Waals surface area contributed by atoms with Gasteiger partial charge in [0.1, 0.15) is 23.9 Å². The predicted molar refractivity (Wildman–Crippen MR) is 97.2 cm³/mol. The maximum absolute atomic E-state index is 13.2. The van der Waals surface area contributed by atoms with Crippen LogP contribution in [0.1, 0.15) is 16.6 Å². The number of hydrogen-bond donors (Lipinski definition) is 1. The summed E-state index contributed by atoms with van der Waals surface area (Å²) in [5.41, 5.74) is 0. The summed E-state index contributed by atoms with van der Waals surface area (Å²) in [6, 6.07) is 13.5. The summed E-state index contributed by atoms with van der Waals surface area (Å²) in [6.07, 6.45) is 0. The Morgan fingerprint density at radius 1 is 1.08 bits per heavy atom. The van der Waals surface area contributed by atoms with Crippen molar-refractivity contribution in [2.75, 3.05) is 19.8 Å². The Morgan fingerprint density at radius 2 is 1.80 bits per heavy atom. The normalized spacial score (nSPS) is 10.6. The Hall–Kier alpha value is -2.60. The van der Waals surface area contributed by atoms with E-state index < -0.39 is 0 Å². The van der Waals surface area contributed by atoms with Gasteiger partial charge in [0.25, 0.3) is 5.91 Å². The van der Waals surface area contributed by atoms with Gasteiger partial charge in [0.2, 0.25) is 0 Å². The molecule has 1 heterocycles. The molecule has 0 saturated carbocycles. The van der Waals surface area contributed by atoms with Gasteiger partial charge in [0.15, 0.2) is 0 Å². The van der Waals surface area contributed by atoms with E-state index in [1.165, 1.54) is 23.5 Å². The van der Waals surface area contributed by atoms with Gasteiger partial charge in [0, 0.05) is 4.70 Å². The number of carbonyl (C=O) groups excluding carboxylic acids is 1. The number of nitrogens with one attached hydrogen (secondary N) is 1. The number of rotatable bonds is 7. The van der Waals surface area contributed by atoms with Crippen molar-refractivity contribution in [1.82, 2.24) is 5.32 Å². The van der Waals surface area contributed by atoms with Crippen LogP contribution in [0.2, 0.25) is 0 Å². The largest absolute Gasteiger partial charge is 0.494 e. The average Bonchev–Trinajstić information content (AvgIpc) is 3.03. The number of hydrogen-bond acceptors (Lipinski definition) is 4. The van der Waals surface area contributed by atoms with Crippen LogP contribution in [0.25, 0.3) is 10.1 Å². The van der Waals surface area contributed by atoms with E-state index in [-0.39, 0.29) is 11.7 Å². The number of thiophene rings is 1. The summed E-state index contributed by atoms with van der Waals surface area (Å²) in [4.78, 5) is 12.7. The zero-order valence-corrected chi connectivity index (χ0v) is 14.6. The monoisotopic (exact) mass is 359 g/mol. The van der Waals surface area contributed by atoms with Crippen molar-refractivity contribution in [3.8, 4) is 11.5 Å². The first-order valence-corrected chi connectivity index (χ1v) is 8.80. The molecular weight excluding hydrogens is 341 g/mol. The molecule has 0 radical (unpaired) electrons. The molecule has 0 unspecified atom stereocenters. The second-order valence-corrected chi connectivity index (χ2v) is 6.39. The molecule has 0 saturated heterocycles. The van der Waals surface area contributed by atoms with E-state index in [1.807, 2.05) is 31.2 Å². The standard InChI is InChI=1S/C19H18FNO3S/c1-2-23-15-4-6-16(7-5-15)24-10-9-21-19(22)18-12-13-11-14(20)3-8-17(13)25-18/h3-8,11-12H,2,9-10H2,1H3,(H,21,22). The van der Waals surface area contributed by atoms with Gasteiger partial charge >= 0.3 is 0 Å². The van der Waals surface area contributed by atoms with Crippen molar-refractivity contribution in [3.05, 3.63) is 59.2 Å². The SMILES string of the molecule is CCOc1ccc(OCCNC(=O)c2cc3cc(F)ccc3s2)cc1. The van der Waals surface area contributed by atoms with Crippen LogP contribution < -0.4 is 14.8 Å². The van der Waals surface area contributed by atoms with Crippen LogP contribution in [0.3, 0.4) is 0 Å². The zero-order chi connectivity index (χ0) is 17.6. The van der Waals surface area contributed by atoms with Gasteiger partial charge in [-0.05, 0) is 60.8 Å². The number of halogens is 1. The highest BCUT2D eigenvalue weighted by Gasteiger charge is 2.10. The summed E-state index contributed by atoms with van der Waals surface area (Å²) >= 11 is 1.34. The first kappa shape index (κ1) is 17.2. The van der Waals surface area contributed by atoms with Crippen LogP contribution in [0, 0.1) is 5.82 Å². The van der Waals surface area contributed by atoms with Gasteiger partial charge < -0.3 is 14.8 Å². The number of ether oxygens (including phenoxy) is 2. The van der Waals surface area contributed by atoms with Gasteiger partial charge in [-0.1, -0.05) is 0 Å². The van der Waals surface area contributed by atoms with Gasteiger partial charge in [-0.3, -0.25) is 4.79 Å². The molecule has 0 aliphatic carbocycles. The predicted octanol–water partition coefficient (Wildman–Crippen LogP) is 4.25. The van der Waals surface area contributed by atoms with E-state index in [0.29, 0.717) is 24.6 Å². The van der Waals surface area contributed by atoms with Crippen LogP contribution in [0.15, 0.2) is 48.5 Å². The van der Waals surface area contributed by atoms with E-state index in [4.69, 9.17) is 9.47 Å². The molecule has 6 heteroatoms. The number of fused-ring (bicyclic) bond motifs is 1. The molecule has 0 aliphatic heterocycles. The Kier molecular flexibility index (Phi) is 5.50. The Balaban J connectivity index is 1.48. The molecular formula is C19H18FNO3S. The van der Waals surface area contributed by atoms with Gasteiger partial charge in [-0.25, -0.2) is 4.39 Å². The summed E-state index contributed by atoms with van der Waals surface area (Å²) in [7, 11) is 0. The van der Waals surface area contributed by atoms with Crippen LogP contribution >= 0.6 is 11.3 Å². The van der Waals surface area contributed by atoms with Crippen molar-refractivity contribution in [2.45, 2.75) is 6.92 Å². The average molecular weight is 359 g/mol. The Morgan fingerprint density at radius 3 is 2.52 bits per heavy atom. The molecule has 1 amide bonds. The molecule has 0 atom stereocenters. The molecule has 0 bridgehead atoms. The molecule has 0 fully saturated rings. The van der Waals surface area contributed by atoms with Crippen molar-refractivity contribution < 1.29 is 18.7 Å². The summed E-state index contributed by atoms with van der Waals surface area (Å²) in [5.74, 6) is 1.03. The van der Waals surface area contributed by atoms with E-state index in [0.717, 1.165) is 21.6 Å². The minimum atomic E-state index is -0.305. The highest BCUT2D eigenvalue weighted by atomic mass is 32.1. The highest BCUT2D eigenvalue weighted by molar-refractivity contribution is 7.20. The smallest absolute Gasteiger partial charge is 0.261 e. The van der Waals surface area contributed by atoms with Crippen molar-refractivity contribution >= 4 is 27.3 Å². The summed E-state index contributed by atoms with van der Waals surface area (Å²) in [5, 5.41) is 3.54. The number of carbonyl (C=O) groups is 1. The molecule has 0 spiro atoms. The minimum absolute atomic E-state index is 0.183. The van der Waals surface area contributed by atoms with E-state index >= 15 is 0 Å². The molecule has 0 aliphatic rings. The molecule has 1 N–H and O–H groups in total. The van der Waals surface area contributed by atoms with Crippen LogP contribution in [0.5, 0.6) is 11.5 Å². The third kappa shape index (κ3) is 4.48. The summed E-state index contributed by atoms with van der Waals surface area (Å²) in [6.45, 7) is 3.30. The lowest BCUT2D eigenvalue weighted by atomic mass is 10.2. The van der Waals surface area contributed by atoms with E-state index in [1.54, 1.807) is 12.1 Å². The maximum Gasteiger partial charge on any atom is 0.261 e. The van der Waals surface area contributed by atoms with Crippen LogP contribution in [0.4, 0.5) is 4.39 Å². The summed E-state index contributed by atoms with van der Waals surface area (Å²) < 4.78 is 25.0. The third-order valence-electron chi connectivity index (χ3n) is 3.49. The van der Waals surface area contributed by atoms with Crippen LogP contribution in [-0.2, 0) is 0 Å². The fourth-order valence-electron chi connectivity index (χ4n) is 2.35. The zero-order valence-electron chi connectivity index (χ0n) is 13.8. The quantitative estimate of drug-likeness (QED) is 0.642. The highest BCUT2D eigenvalue weighted by Crippen LogP contribution is 2.26. The maximum atomic E-state index is 13.2. The lowest BCUT2D eigenvalue weighted by Crippen LogP contribution is -2.27. The fourth-order valence-corrected chi connectivity index (χ4v) is 3.30. The van der Waals surface area contributed by atoms with Crippen molar-refractivity contribution in [3.63, 3.8) is 0 Å². The Labute approximate surface area is 149 Å². The van der Waals surface area contributed by atoms with Gasteiger partial charge in [0.05, 0.1) is 18.0 Å². The second kappa shape index (κ2) is 7.98. The number of benzene rings is 2. The topological polar surface area (TPSA) is 47.6 Å². The van der Waals surface area contributed by atoms with Gasteiger partial charge in [-0.15, -0.1) is 11.3 Å². The first-order valence-electron chi connectivity index (χ1n) is 7.98. The number of amides is 1. The fraction of sp³-hybridized carbons (Fsp3) is 0.211. The third-order valence-corrected chi connectivity index (χ3v) is 4.61. The molecule has 3 rings (SSSR count). The first-order chi connectivity index (χ1) is 12.2. The molecule has 25 heavy (non-hydrogen) atoms. The lowest BCUT2D eigenvalue weighted by molar-refractivity contribution is 0.0951. The lowest BCUT2D eigenvalue weighted by Gasteiger charge is -2.08. The second-order valence-electron chi connectivity index (χ2n) is 5.30. The minimum Gasteiger partial charge on any atom is -0.494 e. The van der Waals surface area contributed by atoms with Crippen LogP contribution in [-0.4, -0.2) is 25.7 Å². The van der Waals surface area contributed by atoms with Gasteiger partial charge in [-0.2, -0.15) is 0 Å². The molecule has 130 valence electrons. The van der Waals surface area contributed by atoms with Crippen molar-refractivity contribution in [2.24, 2.45) is 0 Å². The molecule has 1 aromatic heterocycles.